The highest BCUT2D eigenvalue weighted by atomic mass is 16.3. The van der Waals surface area contributed by atoms with Crippen molar-refractivity contribution in [3.05, 3.63) is 0 Å². The van der Waals surface area contributed by atoms with Gasteiger partial charge in [0.2, 0.25) is 0 Å². The van der Waals surface area contributed by atoms with Crippen LogP contribution in [0.1, 0.15) is 66.7 Å². The van der Waals surface area contributed by atoms with E-state index in [4.69, 9.17) is 0 Å². The Balaban J connectivity index is 2.59. The molecule has 1 aliphatic rings. The maximum absolute atomic E-state index is 9.68. The number of hydrogen-bond donors (Lipinski definition) is 2. The first kappa shape index (κ1) is 15.0. The Kier molecular flexibility index (Phi) is 5.03. The minimum absolute atomic E-state index is 0.0510. The number of nitrogens with one attached hydrogen (secondary N) is 1. The molecule has 0 aromatic heterocycles. The molecule has 0 bridgehead atoms. The molecule has 1 fully saturated rings. The van der Waals surface area contributed by atoms with Crippen LogP contribution >= 0.6 is 0 Å². The third kappa shape index (κ3) is 5.39. The summed E-state index contributed by atoms with van der Waals surface area (Å²) in [5.41, 5.74) is 0.612. The standard InChI is InChI=1S/C15H31NO/c1-12(2)10-15(11-16-14(3,4)5)8-6-13(17)7-9-15/h12-13,16-17H,6-11H2,1-5H3. The highest BCUT2D eigenvalue weighted by Gasteiger charge is 2.35. The van der Waals surface area contributed by atoms with Crippen molar-refractivity contribution in [2.45, 2.75) is 78.4 Å². The lowest BCUT2D eigenvalue weighted by Crippen LogP contribution is -2.46. The van der Waals surface area contributed by atoms with Gasteiger partial charge in [0.25, 0.3) is 0 Å². The van der Waals surface area contributed by atoms with Gasteiger partial charge in [0, 0.05) is 12.1 Å². The van der Waals surface area contributed by atoms with Gasteiger partial charge >= 0.3 is 0 Å². The molecule has 2 heteroatoms. The van der Waals surface area contributed by atoms with E-state index in [2.05, 4.69) is 39.9 Å². The van der Waals surface area contributed by atoms with Crippen LogP contribution in [0, 0.1) is 11.3 Å². The van der Waals surface area contributed by atoms with Crippen LogP contribution in [0.3, 0.4) is 0 Å². The van der Waals surface area contributed by atoms with Crippen molar-refractivity contribution in [1.82, 2.24) is 5.32 Å². The maximum atomic E-state index is 9.68. The third-order valence-electron chi connectivity index (χ3n) is 3.85. The summed E-state index contributed by atoms with van der Waals surface area (Å²) in [5, 5.41) is 13.4. The van der Waals surface area contributed by atoms with Crippen molar-refractivity contribution < 1.29 is 5.11 Å². The largest absolute Gasteiger partial charge is 0.393 e. The van der Waals surface area contributed by atoms with Gasteiger partial charge in [0.05, 0.1) is 6.10 Å². The first-order valence-corrected chi connectivity index (χ1v) is 7.16. The number of hydrogen-bond acceptors (Lipinski definition) is 2. The van der Waals surface area contributed by atoms with Crippen LogP contribution in [0.5, 0.6) is 0 Å². The fourth-order valence-corrected chi connectivity index (χ4v) is 2.99. The molecule has 0 atom stereocenters. The van der Waals surface area contributed by atoms with E-state index in [0.29, 0.717) is 5.41 Å². The van der Waals surface area contributed by atoms with Crippen molar-refractivity contribution in [2.75, 3.05) is 6.54 Å². The van der Waals surface area contributed by atoms with E-state index in [1.165, 1.54) is 19.3 Å². The Bertz CT molecular complexity index is 222. The zero-order chi connectivity index (χ0) is 13.1. The summed E-state index contributed by atoms with van der Waals surface area (Å²) in [4.78, 5) is 0. The van der Waals surface area contributed by atoms with Crippen LogP contribution in [0.25, 0.3) is 0 Å². The number of rotatable bonds is 4. The van der Waals surface area contributed by atoms with E-state index in [0.717, 1.165) is 25.3 Å². The van der Waals surface area contributed by atoms with Gasteiger partial charge in [0.1, 0.15) is 0 Å². The summed E-state index contributed by atoms with van der Waals surface area (Å²) in [5.74, 6) is 0.743. The normalized spacial score (nSPS) is 30.9. The predicted octanol–water partition coefficient (Wildman–Crippen LogP) is 3.34. The van der Waals surface area contributed by atoms with E-state index in [9.17, 15) is 5.11 Å². The highest BCUT2D eigenvalue weighted by molar-refractivity contribution is 4.90. The second kappa shape index (κ2) is 5.71. The summed E-state index contributed by atoms with van der Waals surface area (Å²) in [6.45, 7) is 12.4. The average molecular weight is 241 g/mol. The molecule has 17 heavy (non-hydrogen) atoms. The van der Waals surface area contributed by atoms with Crippen LogP contribution < -0.4 is 5.32 Å². The van der Waals surface area contributed by atoms with Crippen molar-refractivity contribution in [3.63, 3.8) is 0 Å². The fraction of sp³-hybridized carbons (Fsp3) is 1.00. The fourth-order valence-electron chi connectivity index (χ4n) is 2.99. The van der Waals surface area contributed by atoms with Gasteiger partial charge in [-0.05, 0) is 64.2 Å². The molecular formula is C15H31NO. The Morgan fingerprint density at radius 2 is 1.76 bits per heavy atom. The van der Waals surface area contributed by atoms with Crippen LogP contribution in [0.2, 0.25) is 0 Å². The minimum atomic E-state index is -0.0510. The molecule has 1 rings (SSSR count). The van der Waals surface area contributed by atoms with E-state index in [1.54, 1.807) is 0 Å². The smallest absolute Gasteiger partial charge is 0.0540 e. The van der Waals surface area contributed by atoms with E-state index in [-0.39, 0.29) is 11.6 Å². The Morgan fingerprint density at radius 1 is 1.24 bits per heavy atom. The van der Waals surface area contributed by atoms with Gasteiger partial charge in [-0.2, -0.15) is 0 Å². The minimum Gasteiger partial charge on any atom is -0.393 e. The Labute approximate surface area is 107 Å². The zero-order valence-corrected chi connectivity index (χ0v) is 12.3. The lowest BCUT2D eigenvalue weighted by molar-refractivity contribution is 0.0461. The molecule has 0 heterocycles. The summed E-state index contributed by atoms with van der Waals surface area (Å²) < 4.78 is 0. The van der Waals surface area contributed by atoms with Crippen LogP contribution in [0.4, 0.5) is 0 Å². The monoisotopic (exact) mass is 241 g/mol. The lowest BCUT2D eigenvalue weighted by atomic mass is 9.68. The van der Waals surface area contributed by atoms with Gasteiger partial charge in [-0.1, -0.05) is 13.8 Å². The van der Waals surface area contributed by atoms with Crippen LogP contribution in [-0.2, 0) is 0 Å². The van der Waals surface area contributed by atoms with E-state index < -0.39 is 0 Å². The maximum Gasteiger partial charge on any atom is 0.0540 e. The summed E-state index contributed by atoms with van der Waals surface area (Å²) >= 11 is 0. The SMILES string of the molecule is CC(C)CC1(CNC(C)(C)C)CCC(O)CC1. The summed E-state index contributed by atoms with van der Waals surface area (Å²) in [7, 11) is 0. The lowest BCUT2D eigenvalue weighted by Gasteiger charge is -2.42. The zero-order valence-electron chi connectivity index (χ0n) is 12.3. The molecule has 0 aromatic rings. The molecule has 102 valence electrons. The number of aliphatic hydroxyl groups is 1. The first-order valence-electron chi connectivity index (χ1n) is 7.16. The molecule has 1 saturated carbocycles. The molecule has 2 N–H and O–H groups in total. The summed E-state index contributed by atoms with van der Waals surface area (Å²) in [6.07, 6.45) is 5.55. The van der Waals surface area contributed by atoms with Gasteiger partial charge < -0.3 is 10.4 Å². The first-order chi connectivity index (χ1) is 7.72. The van der Waals surface area contributed by atoms with Gasteiger partial charge in [0.15, 0.2) is 0 Å². The molecule has 0 aromatic carbocycles. The second-order valence-corrected chi connectivity index (χ2v) is 7.43. The Morgan fingerprint density at radius 3 is 2.18 bits per heavy atom. The van der Waals surface area contributed by atoms with Crippen molar-refractivity contribution in [2.24, 2.45) is 11.3 Å². The second-order valence-electron chi connectivity index (χ2n) is 7.43. The third-order valence-corrected chi connectivity index (χ3v) is 3.85. The molecule has 0 spiro atoms. The van der Waals surface area contributed by atoms with Crippen molar-refractivity contribution >= 4 is 0 Å². The molecule has 2 nitrogen and oxygen atoms in total. The molecule has 0 amide bonds. The molecule has 0 saturated heterocycles. The average Bonchev–Trinajstić information content (AvgIpc) is 2.18. The topological polar surface area (TPSA) is 32.3 Å². The summed E-state index contributed by atoms with van der Waals surface area (Å²) in [6, 6.07) is 0. The highest BCUT2D eigenvalue weighted by Crippen LogP contribution is 2.41. The molecule has 1 aliphatic carbocycles. The van der Waals surface area contributed by atoms with Crippen molar-refractivity contribution in [3.8, 4) is 0 Å². The number of aliphatic hydroxyl groups excluding tert-OH is 1. The molecule has 0 aliphatic heterocycles. The van der Waals surface area contributed by atoms with E-state index in [1.807, 2.05) is 0 Å². The molecule has 0 unspecified atom stereocenters. The van der Waals surface area contributed by atoms with Crippen LogP contribution in [0.15, 0.2) is 0 Å². The van der Waals surface area contributed by atoms with E-state index >= 15 is 0 Å². The van der Waals surface area contributed by atoms with Crippen molar-refractivity contribution in [1.29, 1.82) is 0 Å². The Hall–Kier alpha value is -0.0800. The van der Waals surface area contributed by atoms with Gasteiger partial charge in [-0.3, -0.25) is 0 Å². The van der Waals surface area contributed by atoms with Gasteiger partial charge in [-0.25, -0.2) is 0 Å². The molecule has 0 radical (unpaired) electrons. The quantitative estimate of drug-likeness (QED) is 0.791. The predicted molar refractivity (Wildman–Crippen MR) is 74.1 cm³/mol. The van der Waals surface area contributed by atoms with Gasteiger partial charge in [-0.15, -0.1) is 0 Å². The molecular weight excluding hydrogens is 210 g/mol. The van der Waals surface area contributed by atoms with Crippen LogP contribution in [-0.4, -0.2) is 23.3 Å².